The summed E-state index contributed by atoms with van der Waals surface area (Å²) in [5.41, 5.74) is 0. The van der Waals surface area contributed by atoms with Gasteiger partial charge in [0.15, 0.2) is 0 Å². The average Bonchev–Trinajstić information content (AvgIpc) is 2.12. The predicted molar refractivity (Wildman–Crippen MR) is 55.9 cm³/mol. The number of hydrogen-bond donors (Lipinski definition) is 1. The molecule has 0 rings (SSSR count). The number of rotatable bonds is 6. The van der Waals surface area contributed by atoms with Gasteiger partial charge in [0.1, 0.15) is 0 Å². The molecule has 0 aliphatic rings. The zero-order valence-electron chi connectivity index (χ0n) is 8.59. The Kier molecular flexibility index (Phi) is 6.67. The van der Waals surface area contributed by atoms with E-state index in [-0.39, 0.29) is 0 Å². The molecule has 0 aromatic carbocycles. The van der Waals surface area contributed by atoms with Gasteiger partial charge in [0, 0.05) is 28.3 Å². The van der Waals surface area contributed by atoms with Gasteiger partial charge in [-0.25, -0.2) is 0 Å². The quantitative estimate of drug-likeness (QED) is 0.687. The van der Waals surface area contributed by atoms with Crippen LogP contribution >= 0.6 is 0 Å². The van der Waals surface area contributed by atoms with Gasteiger partial charge in [-0.15, -0.1) is 0 Å². The Hall–Kier alpha value is 0.110. The summed E-state index contributed by atoms with van der Waals surface area (Å²) in [6, 6.07) is 0.413. The first-order valence-electron chi connectivity index (χ1n) is 4.67. The lowest BCUT2D eigenvalue weighted by Gasteiger charge is -2.21. The van der Waals surface area contributed by atoms with Gasteiger partial charge in [0.2, 0.25) is 0 Å². The molecule has 0 aromatic rings. The lowest BCUT2D eigenvalue weighted by Crippen LogP contribution is -2.37. The highest BCUT2D eigenvalue weighted by atomic mass is 32.2. The fraction of sp³-hybridized carbons (Fsp3) is 1.00. The van der Waals surface area contributed by atoms with E-state index in [1.54, 1.807) is 0 Å². The van der Waals surface area contributed by atoms with Crippen molar-refractivity contribution in [2.75, 3.05) is 18.6 Å². The Bertz CT molecular complexity index is 138. The topological polar surface area (TPSA) is 29.1 Å². The molecule has 0 aromatic heterocycles. The van der Waals surface area contributed by atoms with Crippen LogP contribution in [-0.4, -0.2) is 28.8 Å². The number of nitrogens with one attached hydrogen (secondary N) is 1. The monoisotopic (exact) mass is 191 g/mol. The van der Waals surface area contributed by atoms with Crippen LogP contribution in [0.4, 0.5) is 0 Å². The van der Waals surface area contributed by atoms with Crippen molar-refractivity contribution in [3.63, 3.8) is 0 Å². The first kappa shape index (κ1) is 12.1. The largest absolute Gasteiger partial charge is 0.316 e. The van der Waals surface area contributed by atoms with E-state index in [1.807, 2.05) is 14.0 Å². The molecule has 0 radical (unpaired) electrons. The third-order valence-electron chi connectivity index (χ3n) is 2.39. The summed E-state index contributed by atoms with van der Waals surface area (Å²) >= 11 is 0. The SMILES string of the molecule is CCC(C)C(CS(=O)CC)NC. The molecule has 12 heavy (non-hydrogen) atoms. The van der Waals surface area contributed by atoms with Crippen molar-refractivity contribution in [2.45, 2.75) is 33.2 Å². The molecule has 0 aliphatic carbocycles. The number of hydrogen-bond acceptors (Lipinski definition) is 2. The highest BCUT2D eigenvalue weighted by Gasteiger charge is 2.15. The van der Waals surface area contributed by atoms with Gasteiger partial charge in [-0.3, -0.25) is 4.21 Å². The maximum Gasteiger partial charge on any atom is 0.0391 e. The van der Waals surface area contributed by atoms with E-state index in [0.717, 1.165) is 17.9 Å². The van der Waals surface area contributed by atoms with Crippen LogP contribution < -0.4 is 5.32 Å². The molecule has 2 nitrogen and oxygen atoms in total. The van der Waals surface area contributed by atoms with Crippen molar-refractivity contribution >= 4 is 10.8 Å². The molecule has 0 spiro atoms. The predicted octanol–water partition coefficient (Wildman–Crippen LogP) is 1.39. The normalized spacial score (nSPS) is 18.7. The standard InChI is InChI=1S/C9H21NOS/c1-5-8(3)9(10-4)7-12(11)6-2/h8-10H,5-7H2,1-4H3. The minimum Gasteiger partial charge on any atom is -0.316 e. The van der Waals surface area contributed by atoms with Crippen LogP contribution in [0.5, 0.6) is 0 Å². The molecule has 0 fully saturated rings. The Morgan fingerprint density at radius 2 is 2.00 bits per heavy atom. The van der Waals surface area contributed by atoms with E-state index in [2.05, 4.69) is 19.2 Å². The van der Waals surface area contributed by atoms with Crippen molar-refractivity contribution in [1.82, 2.24) is 5.32 Å². The molecule has 3 atom stereocenters. The Morgan fingerprint density at radius 3 is 2.33 bits per heavy atom. The minimum atomic E-state index is -0.642. The summed E-state index contributed by atoms with van der Waals surface area (Å²) in [5.74, 6) is 2.18. The van der Waals surface area contributed by atoms with Gasteiger partial charge in [-0.2, -0.15) is 0 Å². The zero-order valence-corrected chi connectivity index (χ0v) is 9.41. The van der Waals surface area contributed by atoms with Crippen molar-refractivity contribution in [2.24, 2.45) is 5.92 Å². The second kappa shape index (κ2) is 6.61. The molecule has 1 N–H and O–H groups in total. The fourth-order valence-electron chi connectivity index (χ4n) is 1.13. The molecule has 3 unspecified atom stereocenters. The molecular formula is C9H21NOS. The summed E-state index contributed by atoms with van der Waals surface area (Å²) in [6.45, 7) is 6.34. The Labute approximate surface area is 78.6 Å². The second-order valence-corrected chi connectivity index (χ2v) is 4.97. The summed E-state index contributed by atoms with van der Waals surface area (Å²) in [6.07, 6.45) is 1.15. The molecule has 0 bridgehead atoms. The lowest BCUT2D eigenvalue weighted by atomic mass is 10.0. The Balaban J connectivity index is 3.90. The summed E-state index contributed by atoms with van der Waals surface area (Å²) in [4.78, 5) is 0. The van der Waals surface area contributed by atoms with Crippen LogP contribution in [-0.2, 0) is 10.8 Å². The van der Waals surface area contributed by atoms with Gasteiger partial charge >= 0.3 is 0 Å². The van der Waals surface area contributed by atoms with Gasteiger partial charge < -0.3 is 5.32 Å². The van der Waals surface area contributed by atoms with Crippen molar-refractivity contribution < 1.29 is 4.21 Å². The van der Waals surface area contributed by atoms with Crippen LogP contribution in [0.25, 0.3) is 0 Å². The highest BCUT2D eigenvalue weighted by Crippen LogP contribution is 2.08. The molecule has 0 saturated carbocycles. The molecule has 74 valence electrons. The first-order valence-corrected chi connectivity index (χ1v) is 6.16. The maximum absolute atomic E-state index is 11.3. The molecule has 3 heteroatoms. The van der Waals surface area contributed by atoms with Crippen LogP contribution in [0.3, 0.4) is 0 Å². The van der Waals surface area contributed by atoms with E-state index in [9.17, 15) is 4.21 Å². The smallest absolute Gasteiger partial charge is 0.0391 e. The molecule has 0 saturated heterocycles. The van der Waals surface area contributed by atoms with Gasteiger partial charge in [0.05, 0.1) is 0 Å². The van der Waals surface area contributed by atoms with Gasteiger partial charge in [-0.1, -0.05) is 27.2 Å². The molecule has 0 amide bonds. The van der Waals surface area contributed by atoms with Crippen molar-refractivity contribution in [1.29, 1.82) is 0 Å². The van der Waals surface area contributed by atoms with E-state index in [4.69, 9.17) is 0 Å². The molecule has 0 aliphatic heterocycles. The third-order valence-corrected chi connectivity index (χ3v) is 3.76. The van der Waals surface area contributed by atoms with E-state index < -0.39 is 10.8 Å². The first-order chi connectivity index (χ1) is 5.65. The third kappa shape index (κ3) is 4.21. The van der Waals surface area contributed by atoms with E-state index in [0.29, 0.717) is 12.0 Å². The summed E-state index contributed by atoms with van der Waals surface area (Å²) in [5, 5.41) is 3.22. The van der Waals surface area contributed by atoms with Crippen LogP contribution in [0.2, 0.25) is 0 Å². The average molecular weight is 191 g/mol. The zero-order chi connectivity index (χ0) is 9.56. The summed E-state index contributed by atoms with van der Waals surface area (Å²) in [7, 11) is 1.31. The van der Waals surface area contributed by atoms with E-state index >= 15 is 0 Å². The summed E-state index contributed by atoms with van der Waals surface area (Å²) < 4.78 is 11.3. The van der Waals surface area contributed by atoms with Crippen molar-refractivity contribution in [3.8, 4) is 0 Å². The Morgan fingerprint density at radius 1 is 1.42 bits per heavy atom. The van der Waals surface area contributed by atoms with Gasteiger partial charge in [-0.05, 0) is 13.0 Å². The van der Waals surface area contributed by atoms with Crippen LogP contribution in [0.1, 0.15) is 27.2 Å². The lowest BCUT2D eigenvalue weighted by molar-refractivity contribution is 0.418. The van der Waals surface area contributed by atoms with Crippen LogP contribution in [0.15, 0.2) is 0 Å². The molecule has 0 heterocycles. The van der Waals surface area contributed by atoms with Crippen LogP contribution in [0, 0.1) is 5.92 Å². The second-order valence-electron chi connectivity index (χ2n) is 3.18. The van der Waals surface area contributed by atoms with E-state index in [1.165, 1.54) is 0 Å². The van der Waals surface area contributed by atoms with Crippen molar-refractivity contribution in [3.05, 3.63) is 0 Å². The molecular weight excluding hydrogens is 170 g/mol. The highest BCUT2D eigenvalue weighted by molar-refractivity contribution is 7.84. The van der Waals surface area contributed by atoms with Gasteiger partial charge in [0.25, 0.3) is 0 Å². The maximum atomic E-state index is 11.3. The fourth-order valence-corrected chi connectivity index (χ4v) is 2.27. The minimum absolute atomic E-state index is 0.413.